The highest BCUT2D eigenvalue weighted by atomic mass is 16.5. The van der Waals surface area contributed by atoms with E-state index in [1.807, 2.05) is 30.3 Å². The second-order valence-electron chi connectivity index (χ2n) is 6.89. The van der Waals surface area contributed by atoms with Crippen molar-refractivity contribution in [2.24, 2.45) is 10.9 Å². The molecule has 1 aliphatic carbocycles. The van der Waals surface area contributed by atoms with Crippen LogP contribution in [0.25, 0.3) is 21.8 Å². The zero-order chi connectivity index (χ0) is 20.0. The van der Waals surface area contributed by atoms with Gasteiger partial charge < -0.3 is 14.6 Å². The van der Waals surface area contributed by atoms with Crippen molar-refractivity contribution in [3.05, 3.63) is 60.6 Å². The van der Waals surface area contributed by atoms with E-state index >= 15 is 0 Å². The van der Waals surface area contributed by atoms with Crippen molar-refractivity contribution in [2.45, 2.75) is 12.5 Å². The van der Waals surface area contributed by atoms with Gasteiger partial charge in [-0.2, -0.15) is 0 Å². The van der Waals surface area contributed by atoms with Gasteiger partial charge in [-0.05, 0) is 42.8 Å². The van der Waals surface area contributed by atoms with Crippen LogP contribution in [-0.4, -0.2) is 40.0 Å². The maximum atomic E-state index is 12.5. The van der Waals surface area contributed by atoms with Crippen molar-refractivity contribution in [1.29, 1.82) is 0 Å². The summed E-state index contributed by atoms with van der Waals surface area (Å²) < 4.78 is 11.4. The number of aromatic nitrogens is 2. The summed E-state index contributed by atoms with van der Waals surface area (Å²) in [7, 11) is 1.32. The SMILES string of the molecule is COC(=O)C1=Nc2c(c3cccnc3c3ncccc23)OC1C1C=CC(O)=CC1. The predicted molar refractivity (Wildman–Crippen MR) is 109 cm³/mol. The van der Waals surface area contributed by atoms with Crippen molar-refractivity contribution in [3.63, 3.8) is 0 Å². The van der Waals surface area contributed by atoms with E-state index in [2.05, 4.69) is 9.97 Å². The molecule has 0 fully saturated rings. The van der Waals surface area contributed by atoms with Crippen LogP contribution in [0.4, 0.5) is 5.69 Å². The van der Waals surface area contributed by atoms with Gasteiger partial charge in [0.1, 0.15) is 17.0 Å². The number of ether oxygens (including phenoxy) is 2. The lowest BCUT2D eigenvalue weighted by Crippen LogP contribution is -2.41. The maximum absolute atomic E-state index is 12.5. The Hall–Kier alpha value is -3.74. The molecule has 0 spiro atoms. The average Bonchev–Trinajstić information content (AvgIpc) is 2.78. The maximum Gasteiger partial charge on any atom is 0.356 e. The number of aliphatic hydroxyl groups is 1. The van der Waals surface area contributed by atoms with E-state index in [4.69, 9.17) is 14.5 Å². The van der Waals surface area contributed by atoms with E-state index in [1.165, 1.54) is 7.11 Å². The number of aliphatic hydroxyl groups excluding tert-OH is 1. The first-order valence-corrected chi connectivity index (χ1v) is 9.23. The molecular weight excluding hydrogens is 370 g/mol. The molecule has 0 saturated heterocycles. The topological polar surface area (TPSA) is 93.9 Å². The Labute approximate surface area is 166 Å². The van der Waals surface area contributed by atoms with Gasteiger partial charge in [-0.15, -0.1) is 0 Å². The van der Waals surface area contributed by atoms with Crippen LogP contribution in [0.1, 0.15) is 6.42 Å². The normalized spacial score (nSPS) is 20.6. The molecule has 0 saturated carbocycles. The van der Waals surface area contributed by atoms with Crippen LogP contribution in [0.3, 0.4) is 0 Å². The number of benzene rings is 1. The summed E-state index contributed by atoms with van der Waals surface area (Å²) in [6.07, 6.45) is 8.41. The smallest absolute Gasteiger partial charge is 0.356 e. The summed E-state index contributed by atoms with van der Waals surface area (Å²) in [6, 6.07) is 7.44. The zero-order valence-electron chi connectivity index (χ0n) is 15.6. The number of nitrogens with zero attached hydrogens (tertiary/aromatic N) is 3. The molecule has 0 radical (unpaired) electrons. The third-order valence-electron chi connectivity index (χ3n) is 5.20. The molecule has 29 heavy (non-hydrogen) atoms. The monoisotopic (exact) mass is 387 g/mol. The standard InChI is InChI=1S/C22H17N3O4/c1-28-22(27)19-20(12-6-8-13(26)9-7-12)29-21-15-5-3-11-24-17(15)16-14(18(21)25-19)4-2-10-23-16/h2-6,8-12,20,26H,7H2,1H3. The molecule has 2 unspecified atom stereocenters. The van der Waals surface area contributed by atoms with Gasteiger partial charge in [0.25, 0.3) is 0 Å². The number of carbonyl (C=O) groups excluding carboxylic acids is 1. The minimum Gasteiger partial charge on any atom is -0.508 e. The fourth-order valence-corrected chi connectivity index (χ4v) is 3.82. The molecular formula is C22H17N3O4. The Bertz CT molecular complexity index is 1250. The molecule has 2 aliphatic rings. The number of allylic oxidation sites excluding steroid dienone is 2. The van der Waals surface area contributed by atoms with Crippen LogP contribution in [-0.2, 0) is 9.53 Å². The van der Waals surface area contributed by atoms with Crippen LogP contribution in [0.2, 0.25) is 0 Å². The lowest BCUT2D eigenvalue weighted by molar-refractivity contribution is -0.133. The van der Waals surface area contributed by atoms with Crippen molar-refractivity contribution < 1.29 is 19.4 Å². The van der Waals surface area contributed by atoms with Crippen LogP contribution in [0.5, 0.6) is 5.75 Å². The number of fused-ring (bicyclic) bond motifs is 6. The number of aliphatic imine (C=N–C) groups is 1. The molecule has 2 atom stereocenters. The summed E-state index contributed by atoms with van der Waals surface area (Å²) in [6.45, 7) is 0. The number of hydrogen-bond acceptors (Lipinski definition) is 7. The third-order valence-corrected chi connectivity index (χ3v) is 5.20. The molecule has 1 aliphatic heterocycles. The van der Waals surface area contributed by atoms with Gasteiger partial charge in [0.15, 0.2) is 17.6 Å². The molecule has 0 bridgehead atoms. The molecule has 0 amide bonds. The first kappa shape index (κ1) is 17.4. The third kappa shape index (κ3) is 2.74. The van der Waals surface area contributed by atoms with Gasteiger partial charge in [0, 0.05) is 29.1 Å². The highest BCUT2D eigenvalue weighted by Crippen LogP contribution is 2.46. The predicted octanol–water partition coefficient (Wildman–Crippen LogP) is 3.81. The largest absolute Gasteiger partial charge is 0.508 e. The van der Waals surface area contributed by atoms with Crippen LogP contribution < -0.4 is 4.74 Å². The van der Waals surface area contributed by atoms with Gasteiger partial charge in [0.05, 0.1) is 12.6 Å². The van der Waals surface area contributed by atoms with Crippen molar-refractivity contribution in [3.8, 4) is 5.75 Å². The van der Waals surface area contributed by atoms with Gasteiger partial charge >= 0.3 is 5.97 Å². The van der Waals surface area contributed by atoms with Gasteiger partial charge in [0.2, 0.25) is 0 Å². The number of methoxy groups -OCH3 is 1. The second kappa shape index (κ2) is 6.70. The molecule has 1 N–H and O–H groups in total. The highest BCUT2D eigenvalue weighted by molar-refractivity contribution is 6.40. The van der Waals surface area contributed by atoms with Gasteiger partial charge in [-0.25, -0.2) is 9.79 Å². The molecule has 3 heterocycles. The summed E-state index contributed by atoms with van der Waals surface area (Å²) in [5.74, 6) is 0.0449. The zero-order valence-corrected chi connectivity index (χ0v) is 15.6. The molecule has 7 nitrogen and oxygen atoms in total. The molecule has 7 heteroatoms. The fraction of sp³-hybridized carbons (Fsp3) is 0.182. The van der Waals surface area contributed by atoms with Gasteiger partial charge in [-0.3, -0.25) is 9.97 Å². The van der Waals surface area contributed by atoms with Crippen LogP contribution in [0, 0.1) is 5.92 Å². The van der Waals surface area contributed by atoms with Crippen molar-refractivity contribution >= 4 is 39.2 Å². The first-order valence-electron chi connectivity index (χ1n) is 9.23. The molecule has 1 aromatic carbocycles. The van der Waals surface area contributed by atoms with E-state index < -0.39 is 12.1 Å². The second-order valence-corrected chi connectivity index (χ2v) is 6.89. The van der Waals surface area contributed by atoms with Crippen molar-refractivity contribution in [2.75, 3.05) is 7.11 Å². The Morgan fingerprint density at radius 3 is 2.59 bits per heavy atom. The lowest BCUT2D eigenvalue weighted by atomic mass is 9.90. The summed E-state index contributed by atoms with van der Waals surface area (Å²) in [4.78, 5) is 26.2. The lowest BCUT2D eigenvalue weighted by Gasteiger charge is -2.31. The number of esters is 1. The molecule has 3 aromatic rings. The molecule has 5 rings (SSSR count). The van der Waals surface area contributed by atoms with Crippen LogP contribution in [0.15, 0.2) is 65.6 Å². The highest BCUT2D eigenvalue weighted by Gasteiger charge is 2.37. The first-order chi connectivity index (χ1) is 14.2. The van der Waals surface area contributed by atoms with E-state index in [9.17, 15) is 9.90 Å². The Morgan fingerprint density at radius 2 is 1.90 bits per heavy atom. The van der Waals surface area contributed by atoms with Crippen molar-refractivity contribution in [1.82, 2.24) is 9.97 Å². The number of rotatable bonds is 2. The fourth-order valence-electron chi connectivity index (χ4n) is 3.82. The van der Waals surface area contributed by atoms with E-state index in [1.54, 1.807) is 24.5 Å². The Kier molecular flexibility index (Phi) is 4.01. The average molecular weight is 387 g/mol. The summed E-state index contributed by atoms with van der Waals surface area (Å²) >= 11 is 0. The Balaban J connectivity index is 1.77. The number of carbonyl (C=O) groups is 1. The van der Waals surface area contributed by atoms with Crippen LogP contribution >= 0.6 is 0 Å². The summed E-state index contributed by atoms with van der Waals surface area (Å²) in [5, 5.41) is 11.2. The Morgan fingerprint density at radius 1 is 1.17 bits per heavy atom. The van der Waals surface area contributed by atoms with E-state index in [0.717, 1.165) is 10.8 Å². The number of pyridine rings is 2. The minimum absolute atomic E-state index is 0.173. The summed E-state index contributed by atoms with van der Waals surface area (Å²) in [5.41, 5.74) is 2.15. The number of hydrogen-bond donors (Lipinski definition) is 1. The molecule has 2 aromatic heterocycles. The van der Waals surface area contributed by atoms with Gasteiger partial charge in [-0.1, -0.05) is 6.08 Å². The minimum atomic E-state index is -0.645. The molecule has 144 valence electrons. The van der Waals surface area contributed by atoms with E-state index in [-0.39, 0.29) is 17.4 Å². The quantitative estimate of drug-likeness (QED) is 0.531. The van der Waals surface area contributed by atoms with E-state index in [0.29, 0.717) is 28.9 Å².